The van der Waals surface area contributed by atoms with Gasteiger partial charge in [-0.2, -0.15) is 0 Å². The zero-order chi connectivity index (χ0) is 18.5. The van der Waals surface area contributed by atoms with E-state index < -0.39 is 5.97 Å². The minimum Gasteiger partial charge on any atom is -0.481 e. The van der Waals surface area contributed by atoms with Gasteiger partial charge in [0, 0.05) is 30.3 Å². The highest BCUT2D eigenvalue weighted by molar-refractivity contribution is 5.97. The second-order valence-electron chi connectivity index (χ2n) is 7.31. The molecular formula is C20H26N2O4. The Balaban J connectivity index is 1.60. The van der Waals surface area contributed by atoms with Gasteiger partial charge in [-0.1, -0.05) is 25.3 Å². The zero-order valence-corrected chi connectivity index (χ0v) is 14.9. The van der Waals surface area contributed by atoms with Crippen molar-refractivity contribution in [2.45, 2.75) is 44.9 Å². The second kappa shape index (κ2) is 8.34. The number of carboxylic acid groups (broad SMARTS) is 1. The Labute approximate surface area is 153 Å². The topological polar surface area (TPSA) is 86.7 Å². The van der Waals surface area contributed by atoms with Gasteiger partial charge in [-0.3, -0.25) is 14.4 Å². The molecule has 0 bridgehead atoms. The Morgan fingerprint density at radius 3 is 2.31 bits per heavy atom. The summed E-state index contributed by atoms with van der Waals surface area (Å²) in [5, 5.41) is 12.0. The number of piperidine rings is 1. The van der Waals surface area contributed by atoms with E-state index in [1.54, 1.807) is 29.2 Å². The number of likely N-dealkylation sites (tertiary alicyclic amines) is 1. The van der Waals surface area contributed by atoms with E-state index in [0.717, 1.165) is 25.7 Å². The molecule has 0 radical (unpaired) electrons. The molecule has 1 heterocycles. The summed E-state index contributed by atoms with van der Waals surface area (Å²) in [5.74, 6) is -1.15. The maximum Gasteiger partial charge on any atom is 0.306 e. The molecular weight excluding hydrogens is 332 g/mol. The van der Waals surface area contributed by atoms with Crippen molar-refractivity contribution in [1.82, 2.24) is 4.90 Å². The van der Waals surface area contributed by atoms with Gasteiger partial charge in [-0.05, 0) is 43.9 Å². The molecule has 2 N–H and O–H groups in total. The van der Waals surface area contributed by atoms with E-state index in [0.29, 0.717) is 37.2 Å². The van der Waals surface area contributed by atoms with E-state index in [2.05, 4.69) is 5.32 Å². The number of carboxylic acids is 1. The average molecular weight is 358 g/mol. The number of benzene rings is 1. The van der Waals surface area contributed by atoms with Crippen LogP contribution in [0.1, 0.15) is 55.3 Å². The van der Waals surface area contributed by atoms with Crippen molar-refractivity contribution in [1.29, 1.82) is 0 Å². The van der Waals surface area contributed by atoms with Crippen molar-refractivity contribution in [3.8, 4) is 0 Å². The first-order valence-corrected chi connectivity index (χ1v) is 9.47. The fraction of sp³-hybridized carbons (Fsp3) is 0.550. The molecule has 1 saturated heterocycles. The van der Waals surface area contributed by atoms with E-state index in [9.17, 15) is 14.4 Å². The lowest BCUT2D eigenvalue weighted by molar-refractivity contribution is -0.143. The number of hydrogen-bond donors (Lipinski definition) is 2. The highest BCUT2D eigenvalue weighted by Crippen LogP contribution is 2.25. The molecule has 3 rings (SSSR count). The SMILES string of the molecule is O=C(O)C1CCN(C(=O)c2cccc(NC(=O)C3CCCCC3)c2)CC1. The molecule has 140 valence electrons. The minimum atomic E-state index is -0.787. The lowest BCUT2D eigenvalue weighted by Crippen LogP contribution is -2.40. The molecule has 2 amide bonds. The highest BCUT2D eigenvalue weighted by Gasteiger charge is 2.27. The number of anilines is 1. The first kappa shape index (κ1) is 18.4. The molecule has 2 fully saturated rings. The summed E-state index contributed by atoms with van der Waals surface area (Å²) >= 11 is 0. The van der Waals surface area contributed by atoms with Crippen LogP contribution in [0.2, 0.25) is 0 Å². The summed E-state index contributed by atoms with van der Waals surface area (Å²) in [6, 6.07) is 7.02. The molecule has 1 aliphatic carbocycles. The van der Waals surface area contributed by atoms with Crippen molar-refractivity contribution in [3.05, 3.63) is 29.8 Å². The summed E-state index contributed by atoms with van der Waals surface area (Å²) in [5.41, 5.74) is 1.17. The van der Waals surface area contributed by atoms with E-state index in [1.165, 1.54) is 6.42 Å². The molecule has 1 saturated carbocycles. The van der Waals surface area contributed by atoms with Gasteiger partial charge in [0.15, 0.2) is 0 Å². The van der Waals surface area contributed by atoms with Crippen LogP contribution in [0.15, 0.2) is 24.3 Å². The van der Waals surface area contributed by atoms with Crippen molar-refractivity contribution < 1.29 is 19.5 Å². The van der Waals surface area contributed by atoms with E-state index in [4.69, 9.17) is 5.11 Å². The fourth-order valence-corrected chi connectivity index (χ4v) is 3.85. The predicted molar refractivity (Wildman–Crippen MR) is 97.9 cm³/mol. The van der Waals surface area contributed by atoms with Crippen LogP contribution in [0.3, 0.4) is 0 Å². The van der Waals surface area contributed by atoms with Gasteiger partial charge in [0.1, 0.15) is 0 Å². The first-order chi connectivity index (χ1) is 12.5. The van der Waals surface area contributed by atoms with Gasteiger partial charge in [0.25, 0.3) is 5.91 Å². The van der Waals surface area contributed by atoms with Crippen LogP contribution in [0, 0.1) is 11.8 Å². The van der Waals surface area contributed by atoms with Crippen molar-refractivity contribution >= 4 is 23.5 Å². The Kier molecular flexibility index (Phi) is 5.91. The summed E-state index contributed by atoms with van der Waals surface area (Å²) in [7, 11) is 0. The second-order valence-corrected chi connectivity index (χ2v) is 7.31. The van der Waals surface area contributed by atoms with Crippen LogP contribution >= 0.6 is 0 Å². The van der Waals surface area contributed by atoms with Gasteiger partial charge in [0.2, 0.25) is 5.91 Å². The van der Waals surface area contributed by atoms with Gasteiger partial charge in [-0.15, -0.1) is 0 Å². The summed E-state index contributed by atoms with van der Waals surface area (Å²) in [4.78, 5) is 37.8. The molecule has 2 aliphatic rings. The molecule has 0 unspecified atom stereocenters. The summed E-state index contributed by atoms with van der Waals surface area (Å²) < 4.78 is 0. The number of nitrogens with zero attached hydrogens (tertiary/aromatic N) is 1. The summed E-state index contributed by atoms with van der Waals surface area (Å²) in [6.45, 7) is 0.906. The van der Waals surface area contributed by atoms with Crippen molar-refractivity contribution in [2.75, 3.05) is 18.4 Å². The van der Waals surface area contributed by atoms with Crippen LogP contribution in [-0.2, 0) is 9.59 Å². The third-order valence-corrected chi connectivity index (χ3v) is 5.48. The number of rotatable bonds is 4. The van der Waals surface area contributed by atoms with E-state index >= 15 is 0 Å². The minimum absolute atomic E-state index is 0.0385. The predicted octanol–water partition coefficient (Wildman–Crippen LogP) is 3.14. The molecule has 6 heteroatoms. The van der Waals surface area contributed by atoms with E-state index in [-0.39, 0.29) is 23.7 Å². The highest BCUT2D eigenvalue weighted by atomic mass is 16.4. The number of amides is 2. The molecule has 0 atom stereocenters. The van der Waals surface area contributed by atoms with Crippen molar-refractivity contribution in [3.63, 3.8) is 0 Å². The maximum absolute atomic E-state index is 12.7. The molecule has 1 aromatic carbocycles. The first-order valence-electron chi connectivity index (χ1n) is 9.47. The standard InChI is InChI=1S/C20H26N2O4/c23-18(14-5-2-1-3-6-14)21-17-8-4-7-16(13-17)19(24)22-11-9-15(10-12-22)20(25)26/h4,7-8,13-15H,1-3,5-6,9-12H2,(H,21,23)(H,25,26). The van der Waals surface area contributed by atoms with Crippen LogP contribution in [0.5, 0.6) is 0 Å². The normalized spacial score (nSPS) is 19.2. The third kappa shape index (κ3) is 4.42. The quantitative estimate of drug-likeness (QED) is 0.866. The van der Waals surface area contributed by atoms with E-state index in [1.807, 2.05) is 0 Å². The largest absolute Gasteiger partial charge is 0.481 e. The zero-order valence-electron chi connectivity index (χ0n) is 14.9. The Hall–Kier alpha value is -2.37. The van der Waals surface area contributed by atoms with Gasteiger partial charge < -0.3 is 15.3 Å². The lowest BCUT2D eigenvalue weighted by Gasteiger charge is -2.30. The number of nitrogens with one attached hydrogen (secondary N) is 1. The Bertz CT molecular complexity index is 674. The van der Waals surface area contributed by atoms with Crippen LogP contribution in [0.25, 0.3) is 0 Å². The lowest BCUT2D eigenvalue weighted by atomic mass is 9.88. The molecule has 6 nitrogen and oxygen atoms in total. The Morgan fingerprint density at radius 2 is 1.65 bits per heavy atom. The number of aliphatic carboxylic acids is 1. The van der Waals surface area contributed by atoms with Gasteiger partial charge in [-0.25, -0.2) is 0 Å². The Morgan fingerprint density at radius 1 is 0.962 bits per heavy atom. The number of carbonyl (C=O) groups excluding carboxylic acids is 2. The average Bonchev–Trinajstić information content (AvgIpc) is 2.68. The van der Waals surface area contributed by atoms with Crippen LogP contribution < -0.4 is 5.32 Å². The molecule has 26 heavy (non-hydrogen) atoms. The van der Waals surface area contributed by atoms with Crippen LogP contribution in [-0.4, -0.2) is 40.9 Å². The van der Waals surface area contributed by atoms with Crippen molar-refractivity contribution in [2.24, 2.45) is 11.8 Å². The fourth-order valence-electron chi connectivity index (χ4n) is 3.85. The molecule has 1 aliphatic heterocycles. The third-order valence-electron chi connectivity index (χ3n) is 5.48. The molecule has 0 aromatic heterocycles. The smallest absolute Gasteiger partial charge is 0.306 e. The summed E-state index contributed by atoms with van der Waals surface area (Å²) in [6.07, 6.45) is 6.24. The van der Waals surface area contributed by atoms with Gasteiger partial charge >= 0.3 is 5.97 Å². The van der Waals surface area contributed by atoms with Crippen LogP contribution in [0.4, 0.5) is 5.69 Å². The number of carbonyl (C=O) groups is 3. The maximum atomic E-state index is 12.7. The molecule has 1 aromatic rings. The monoisotopic (exact) mass is 358 g/mol. The van der Waals surface area contributed by atoms with Gasteiger partial charge in [0.05, 0.1) is 5.92 Å². The molecule has 0 spiro atoms. The number of hydrogen-bond acceptors (Lipinski definition) is 3.